The Bertz CT molecular complexity index is 519. The zero-order valence-electron chi connectivity index (χ0n) is 8.25. The highest BCUT2D eigenvalue weighted by molar-refractivity contribution is 5.97. The lowest BCUT2D eigenvalue weighted by atomic mass is 10.3. The molecule has 1 N–H and O–H groups in total. The standard InChI is InChI=1S/C8H9N5O2/c1-4(2)13-7-5(11-12-13)6(8(14)15)9-3-10-7/h3-4H,1-2H3,(H,14,15). The van der Waals surface area contributed by atoms with Gasteiger partial charge in [0.15, 0.2) is 16.9 Å². The van der Waals surface area contributed by atoms with Crippen molar-refractivity contribution < 1.29 is 9.90 Å². The van der Waals surface area contributed by atoms with Crippen molar-refractivity contribution in [2.75, 3.05) is 0 Å². The average Bonchev–Trinajstić information content (AvgIpc) is 2.59. The Labute approximate surface area is 84.8 Å². The van der Waals surface area contributed by atoms with Crippen molar-refractivity contribution in [3.8, 4) is 0 Å². The van der Waals surface area contributed by atoms with Crippen LogP contribution in [0.3, 0.4) is 0 Å². The normalized spacial score (nSPS) is 11.1. The fraction of sp³-hybridized carbons (Fsp3) is 0.375. The largest absolute Gasteiger partial charge is 0.476 e. The first-order chi connectivity index (χ1) is 7.11. The monoisotopic (exact) mass is 207 g/mol. The first kappa shape index (κ1) is 9.50. The van der Waals surface area contributed by atoms with Crippen LogP contribution in [-0.4, -0.2) is 36.0 Å². The summed E-state index contributed by atoms with van der Waals surface area (Å²) in [5.41, 5.74) is 0.544. The van der Waals surface area contributed by atoms with Gasteiger partial charge in [-0.05, 0) is 13.8 Å². The summed E-state index contributed by atoms with van der Waals surface area (Å²) in [7, 11) is 0. The molecule has 0 atom stereocenters. The maximum atomic E-state index is 10.8. The van der Waals surface area contributed by atoms with Crippen LogP contribution in [0.1, 0.15) is 30.4 Å². The van der Waals surface area contributed by atoms with Crippen molar-refractivity contribution in [2.45, 2.75) is 19.9 Å². The molecule has 0 aliphatic carbocycles. The smallest absolute Gasteiger partial charge is 0.357 e. The lowest BCUT2D eigenvalue weighted by Gasteiger charge is -2.03. The average molecular weight is 207 g/mol. The molecule has 0 amide bonds. The molecule has 7 heteroatoms. The van der Waals surface area contributed by atoms with Crippen LogP contribution in [-0.2, 0) is 0 Å². The molecule has 0 saturated carbocycles. The number of carboxylic acids is 1. The maximum Gasteiger partial charge on any atom is 0.357 e. The molecule has 2 rings (SSSR count). The highest BCUT2D eigenvalue weighted by Crippen LogP contribution is 2.14. The van der Waals surface area contributed by atoms with Gasteiger partial charge in [-0.3, -0.25) is 0 Å². The third-order valence-corrected chi connectivity index (χ3v) is 1.95. The Hall–Kier alpha value is -2.05. The first-order valence-corrected chi connectivity index (χ1v) is 4.40. The van der Waals surface area contributed by atoms with Crippen molar-refractivity contribution in [1.82, 2.24) is 25.0 Å². The maximum absolute atomic E-state index is 10.8. The molecule has 0 saturated heterocycles. The van der Waals surface area contributed by atoms with Gasteiger partial charge in [-0.25, -0.2) is 19.4 Å². The van der Waals surface area contributed by atoms with Crippen molar-refractivity contribution in [2.24, 2.45) is 0 Å². The number of nitrogens with zero attached hydrogens (tertiary/aromatic N) is 5. The summed E-state index contributed by atoms with van der Waals surface area (Å²) in [4.78, 5) is 18.4. The van der Waals surface area contributed by atoms with Gasteiger partial charge in [0.05, 0.1) is 6.04 Å². The summed E-state index contributed by atoms with van der Waals surface area (Å²) in [5.74, 6) is -1.13. The van der Waals surface area contributed by atoms with E-state index >= 15 is 0 Å². The number of hydrogen-bond donors (Lipinski definition) is 1. The zero-order valence-corrected chi connectivity index (χ0v) is 8.25. The first-order valence-electron chi connectivity index (χ1n) is 4.40. The minimum atomic E-state index is -1.13. The van der Waals surface area contributed by atoms with Crippen LogP contribution in [0.2, 0.25) is 0 Å². The summed E-state index contributed by atoms with van der Waals surface area (Å²) in [6.45, 7) is 3.83. The molecule has 2 heterocycles. The molecule has 0 bridgehead atoms. The van der Waals surface area contributed by atoms with Crippen LogP contribution in [0.4, 0.5) is 0 Å². The highest BCUT2D eigenvalue weighted by Gasteiger charge is 2.17. The SMILES string of the molecule is CC(C)n1nnc2c(C(=O)O)ncnc21. The molecule has 0 aliphatic rings. The van der Waals surface area contributed by atoms with Gasteiger partial charge >= 0.3 is 5.97 Å². The van der Waals surface area contributed by atoms with E-state index in [1.165, 1.54) is 6.33 Å². The van der Waals surface area contributed by atoms with Crippen molar-refractivity contribution in [1.29, 1.82) is 0 Å². The number of rotatable bonds is 2. The quantitative estimate of drug-likeness (QED) is 0.770. The molecule has 2 aromatic heterocycles. The third kappa shape index (κ3) is 1.41. The van der Waals surface area contributed by atoms with Gasteiger partial charge in [0.25, 0.3) is 0 Å². The predicted molar refractivity (Wildman–Crippen MR) is 50.5 cm³/mol. The van der Waals surface area contributed by atoms with Crippen molar-refractivity contribution in [3.05, 3.63) is 12.0 Å². The second-order valence-electron chi connectivity index (χ2n) is 3.33. The van der Waals surface area contributed by atoms with E-state index in [9.17, 15) is 4.79 Å². The Morgan fingerprint density at radius 2 is 2.20 bits per heavy atom. The van der Waals surface area contributed by atoms with E-state index < -0.39 is 5.97 Å². The van der Waals surface area contributed by atoms with E-state index in [2.05, 4.69) is 20.3 Å². The van der Waals surface area contributed by atoms with Crippen LogP contribution in [0.5, 0.6) is 0 Å². The molecule has 7 nitrogen and oxygen atoms in total. The van der Waals surface area contributed by atoms with Crippen LogP contribution < -0.4 is 0 Å². The van der Waals surface area contributed by atoms with E-state index in [1.807, 2.05) is 13.8 Å². The minimum Gasteiger partial charge on any atom is -0.476 e. The molecule has 0 aromatic carbocycles. The van der Waals surface area contributed by atoms with Gasteiger partial charge in [-0.15, -0.1) is 5.10 Å². The van der Waals surface area contributed by atoms with Gasteiger partial charge < -0.3 is 5.11 Å². The number of hydrogen-bond acceptors (Lipinski definition) is 5. The second kappa shape index (κ2) is 3.26. The van der Waals surface area contributed by atoms with E-state index in [0.29, 0.717) is 5.65 Å². The van der Waals surface area contributed by atoms with Gasteiger partial charge in [0, 0.05) is 0 Å². The fourth-order valence-corrected chi connectivity index (χ4v) is 1.27. The second-order valence-corrected chi connectivity index (χ2v) is 3.33. The number of carboxylic acid groups (broad SMARTS) is 1. The van der Waals surface area contributed by atoms with Crippen molar-refractivity contribution in [3.63, 3.8) is 0 Å². The molecule has 0 unspecified atom stereocenters. The number of fused-ring (bicyclic) bond motifs is 1. The molecule has 0 radical (unpaired) electrons. The third-order valence-electron chi connectivity index (χ3n) is 1.95. The van der Waals surface area contributed by atoms with Gasteiger partial charge in [0.1, 0.15) is 6.33 Å². The number of aromatic nitrogens is 5. The predicted octanol–water partition coefficient (Wildman–Crippen LogP) is 0.500. The molecule has 0 spiro atoms. The Morgan fingerprint density at radius 1 is 1.47 bits per heavy atom. The van der Waals surface area contributed by atoms with E-state index in [-0.39, 0.29) is 17.3 Å². The molecule has 0 fully saturated rings. The minimum absolute atomic E-state index is 0.0755. The van der Waals surface area contributed by atoms with E-state index in [1.54, 1.807) is 4.68 Å². The Morgan fingerprint density at radius 3 is 2.80 bits per heavy atom. The van der Waals surface area contributed by atoms with E-state index in [0.717, 1.165) is 0 Å². The summed E-state index contributed by atoms with van der Waals surface area (Å²) in [5, 5.41) is 16.5. The topological polar surface area (TPSA) is 93.8 Å². The fourth-order valence-electron chi connectivity index (χ4n) is 1.27. The zero-order chi connectivity index (χ0) is 11.0. The van der Waals surface area contributed by atoms with E-state index in [4.69, 9.17) is 5.11 Å². The van der Waals surface area contributed by atoms with Gasteiger partial charge in [0.2, 0.25) is 0 Å². The molecular weight excluding hydrogens is 198 g/mol. The molecule has 2 aromatic rings. The molecule has 15 heavy (non-hydrogen) atoms. The van der Waals surface area contributed by atoms with Gasteiger partial charge in [-0.2, -0.15) is 0 Å². The Kier molecular flexibility index (Phi) is 2.07. The lowest BCUT2D eigenvalue weighted by Crippen LogP contribution is -2.05. The Balaban J connectivity index is 2.74. The number of aromatic carboxylic acids is 1. The summed E-state index contributed by atoms with van der Waals surface area (Å²) in [6, 6.07) is 0.0755. The molecule has 78 valence electrons. The summed E-state index contributed by atoms with van der Waals surface area (Å²) >= 11 is 0. The highest BCUT2D eigenvalue weighted by atomic mass is 16.4. The van der Waals surface area contributed by atoms with Crippen LogP contribution in [0.25, 0.3) is 11.2 Å². The van der Waals surface area contributed by atoms with Crippen LogP contribution in [0, 0.1) is 0 Å². The molecular formula is C8H9N5O2. The van der Waals surface area contributed by atoms with Crippen LogP contribution >= 0.6 is 0 Å². The van der Waals surface area contributed by atoms with Crippen LogP contribution in [0.15, 0.2) is 6.33 Å². The number of carbonyl (C=O) groups is 1. The summed E-state index contributed by atoms with van der Waals surface area (Å²) < 4.78 is 1.56. The lowest BCUT2D eigenvalue weighted by molar-refractivity contribution is 0.0692. The van der Waals surface area contributed by atoms with Gasteiger partial charge in [-0.1, -0.05) is 5.21 Å². The van der Waals surface area contributed by atoms with Crippen molar-refractivity contribution >= 4 is 17.1 Å². The summed E-state index contributed by atoms with van der Waals surface area (Å²) in [6.07, 6.45) is 1.20. The molecule has 0 aliphatic heterocycles.